The predicted molar refractivity (Wildman–Crippen MR) is 173 cm³/mol. The number of aromatic nitrogens is 4. The first-order chi connectivity index (χ1) is 22.4. The Morgan fingerprint density at radius 1 is 0.739 bits per heavy atom. The quantitative estimate of drug-likeness (QED) is 0.205. The molecule has 0 atom stereocenters. The number of halogens is 2. The molecule has 15 heteroatoms. The highest BCUT2D eigenvalue weighted by Crippen LogP contribution is 2.33. The van der Waals surface area contributed by atoms with Crippen LogP contribution in [0.4, 0.5) is 32.3 Å². The molecule has 1 aromatic carbocycles. The van der Waals surface area contributed by atoms with E-state index < -0.39 is 11.6 Å². The third-order valence-electron chi connectivity index (χ3n) is 7.85. The van der Waals surface area contributed by atoms with E-state index in [0.717, 1.165) is 18.9 Å². The molecule has 1 aliphatic heterocycles. The zero-order valence-electron chi connectivity index (χ0n) is 27.4. The molecule has 0 bridgehead atoms. The molecular weight excluding hydrogens is 602 g/mol. The van der Waals surface area contributed by atoms with E-state index in [0.29, 0.717) is 106 Å². The molecule has 1 aliphatic rings. The number of methoxy groups -OCH3 is 5. The smallest absolute Gasteiger partial charge is 0.228 e. The lowest BCUT2D eigenvalue weighted by Crippen LogP contribution is -2.38. The van der Waals surface area contributed by atoms with Gasteiger partial charge < -0.3 is 43.7 Å². The Hall–Kier alpha value is -3.50. The van der Waals surface area contributed by atoms with Gasteiger partial charge in [0.25, 0.3) is 0 Å². The molecule has 2 aromatic heterocycles. The monoisotopic (exact) mass is 648 g/mol. The fraction of sp³-hybridized carbons (Fsp3) is 0.613. The van der Waals surface area contributed by atoms with Crippen LogP contribution in [0.25, 0.3) is 11.0 Å². The maximum Gasteiger partial charge on any atom is 0.228 e. The molecule has 3 heterocycles. The van der Waals surface area contributed by atoms with Crippen LogP contribution in [0.5, 0.6) is 0 Å². The summed E-state index contributed by atoms with van der Waals surface area (Å²) in [5, 5.41) is 3.33. The van der Waals surface area contributed by atoms with Gasteiger partial charge in [-0.2, -0.15) is 9.97 Å². The average Bonchev–Trinajstić information content (AvgIpc) is 3.08. The van der Waals surface area contributed by atoms with Crippen LogP contribution in [0, 0.1) is 11.6 Å². The SMILES string of the molecule is COCCN(CCOC)c1nc(N2CCC(OC)CC2)c2nc(N(CCOC)CCOC)nc(NCc3ccc(F)c(F)c3)c2n1. The number of nitrogens with zero attached hydrogens (tertiary/aromatic N) is 7. The van der Waals surface area contributed by atoms with Gasteiger partial charge in [0.2, 0.25) is 11.9 Å². The van der Waals surface area contributed by atoms with Crippen molar-refractivity contribution in [3.63, 3.8) is 0 Å². The van der Waals surface area contributed by atoms with Gasteiger partial charge in [-0.05, 0) is 30.5 Å². The Labute approximate surface area is 269 Å². The predicted octanol–water partition coefficient (Wildman–Crippen LogP) is 3.12. The van der Waals surface area contributed by atoms with Crippen LogP contribution in [0.15, 0.2) is 18.2 Å². The van der Waals surface area contributed by atoms with Crippen LogP contribution in [0.1, 0.15) is 18.4 Å². The van der Waals surface area contributed by atoms with Crippen LogP contribution in [0.2, 0.25) is 0 Å². The maximum absolute atomic E-state index is 14.1. The van der Waals surface area contributed by atoms with Gasteiger partial charge in [0.1, 0.15) is 11.0 Å². The van der Waals surface area contributed by atoms with Crippen molar-refractivity contribution in [2.75, 3.05) is 121 Å². The summed E-state index contributed by atoms with van der Waals surface area (Å²) in [5.74, 6) is 0.197. The van der Waals surface area contributed by atoms with Crippen molar-refractivity contribution < 1.29 is 32.5 Å². The van der Waals surface area contributed by atoms with Crippen LogP contribution in [-0.4, -0.2) is 127 Å². The van der Waals surface area contributed by atoms with E-state index in [1.807, 2.05) is 9.80 Å². The normalized spacial score (nSPS) is 13.8. The van der Waals surface area contributed by atoms with E-state index in [2.05, 4.69) is 10.2 Å². The molecule has 0 unspecified atom stereocenters. The average molecular weight is 649 g/mol. The number of nitrogens with one attached hydrogen (secondary N) is 1. The molecule has 0 saturated carbocycles. The highest BCUT2D eigenvalue weighted by molar-refractivity contribution is 5.95. The van der Waals surface area contributed by atoms with Gasteiger partial charge in [-0.3, -0.25) is 0 Å². The minimum atomic E-state index is -0.920. The van der Waals surface area contributed by atoms with E-state index in [9.17, 15) is 8.78 Å². The lowest BCUT2D eigenvalue weighted by molar-refractivity contribution is 0.0818. The zero-order valence-corrected chi connectivity index (χ0v) is 27.4. The maximum atomic E-state index is 14.1. The third kappa shape index (κ3) is 9.28. The van der Waals surface area contributed by atoms with Crippen LogP contribution in [0.3, 0.4) is 0 Å². The van der Waals surface area contributed by atoms with E-state index >= 15 is 0 Å². The number of fused-ring (bicyclic) bond motifs is 1. The summed E-state index contributed by atoms with van der Waals surface area (Å²) >= 11 is 0. The molecule has 4 rings (SSSR count). The number of hydrogen-bond acceptors (Lipinski definition) is 13. The minimum Gasteiger partial charge on any atom is -0.383 e. The second-order valence-corrected chi connectivity index (χ2v) is 10.9. The van der Waals surface area contributed by atoms with Gasteiger partial charge in [-0.25, -0.2) is 18.7 Å². The molecule has 1 saturated heterocycles. The van der Waals surface area contributed by atoms with Crippen molar-refractivity contribution in [3.05, 3.63) is 35.4 Å². The fourth-order valence-corrected chi connectivity index (χ4v) is 5.17. The number of rotatable bonds is 19. The number of benzene rings is 1. The van der Waals surface area contributed by atoms with Crippen molar-refractivity contribution in [2.24, 2.45) is 0 Å². The molecule has 1 N–H and O–H groups in total. The summed E-state index contributed by atoms with van der Waals surface area (Å²) < 4.78 is 54.9. The van der Waals surface area contributed by atoms with Crippen molar-refractivity contribution in [1.29, 1.82) is 0 Å². The van der Waals surface area contributed by atoms with Crippen molar-refractivity contribution in [1.82, 2.24) is 19.9 Å². The Kier molecular flexibility index (Phi) is 13.8. The standard InChI is InChI=1S/C31H46F2N8O5/c1-42-16-12-40(13-17-43-2)30-36-27-26(28(37-30)34-21-22-6-7-24(32)25(33)20-22)35-31(41(14-18-44-3)15-19-45-4)38-29(27)39-10-8-23(46-5)9-11-39/h6-7,20,23H,8-19,21H2,1-5H3,(H,34,36,37). The Bertz CT molecular complexity index is 1370. The highest BCUT2D eigenvalue weighted by atomic mass is 19.2. The molecule has 0 aliphatic carbocycles. The van der Waals surface area contributed by atoms with Gasteiger partial charge in [-0.1, -0.05) is 6.07 Å². The molecular formula is C31H46F2N8O5. The molecule has 1 fully saturated rings. The van der Waals surface area contributed by atoms with Crippen LogP contribution >= 0.6 is 0 Å². The Morgan fingerprint density at radius 2 is 1.28 bits per heavy atom. The molecule has 0 amide bonds. The molecule has 0 spiro atoms. The zero-order chi connectivity index (χ0) is 32.9. The third-order valence-corrected chi connectivity index (χ3v) is 7.85. The van der Waals surface area contributed by atoms with E-state index in [1.54, 1.807) is 35.5 Å². The van der Waals surface area contributed by atoms with Gasteiger partial charge in [0.15, 0.2) is 23.3 Å². The largest absolute Gasteiger partial charge is 0.383 e. The van der Waals surface area contributed by atoms with Crippen LogP contribution < -0.4 is 20.0 Å². The second kappa shape index (κ2) is 18.0. The van der Waals surface area contributed by atoms with Crippen molar-refractivity contribution >= 4 is 34.6 Å². The topological polar surface area (TPSA) is 119 Å². The van der Waals surface area contributed by atoms with E-state index in [1.165, 1.54) is 12.1 Å². The number of piperidine rings is 1. The Balaban J connectivity index is 1.89. The molecule has 0 radical (unpaired) electrons. The van der Waals surface area contributed by atoms with Gasteiger partial charge >= 0.3 is 0 Å². The van der Waals surface area contributed by atoms with Crippen molar-refractivity contribution in [2.45, 2.75) is 25.5 Å². The summed E-state index contributed by atoms with van der Waals surface area (Å²) in [7, 11) is 8.31. The summed E-state index contributed by atoms with van der Waals surface area (Å²) in [4.78, 5) is 26.3. The van der Waals surface area contributed by atoms with Gasteiger partial charge in [0.05, 0.1) is 32.5 Å². The van der Waals surface area contributed by atoms with E-state index in [4.69, 9.17) is 43.6 Å². The minimum absolute atomic E-state index is 0.167. The van der Waals surface area contributed by atoms with Gasteiger partial charge in [-0.15, -0.1) is 0 Å². The van der Waals surface area contributed by atoms with Crippen LogP contribution in [-0.2, 0) is 30.2 Å². The summed E-state index contributed by atoms with van der Waals surface area (Å²) in [6.45, 7) is 5.53. The molecule has 3 aromatic rings. The number of anilines is 4. The molecule has 46 heavy (non-hydrogen) atoms. The first-order valence-corrected chi connectivity index (χ1v) is 15.4. The number of ether oxygens (including phenoxy) is 5. The highest BCUT2D eigenvalue weighted by Gasteiger charge is 2.27. The first kappa shape index (κ1) is 35.4. The lowest BCUT2D eigenvalue weighted by atomic mass is 10.1. The summed E-state index contributed by atoms with van der Waals surface area (Å²) in [6.07, 6.45) is 1.84. The second-order valence-electron chi connectivity index (χ2n) is 10.9. The Morgan fingerprint density at radius 3 is 1.80 bits per heavy atom. The first-order valence-electron chi connectivity index (χ1n) is 15.4. The fourth-order valence-electron chi connectivity index (χ4n) is 5.17. The lowest BCUT2D eigenvalue weighted by Gasteiger charge is -2.33. The molecule has 13 nitrogen and oxygen atoms in total. The van der Waals surface area contributed by atoms with Gasteiger partial charge in [0, 0.05) is 81.4 Å². The van der Waals surface area contributed by atoms with Crippen molar-refractivity contribution in [3.8, 4) is 0 Å². The summed E-state index contributed by atoms with van der Waals surface area (Å²) in [6, 6.07) is 3.81. The van der Waals surface area contributed by atoms with E-state index in [-0.39, 0.29) is 12.6 Å². The summed E-state index contributed by atoms with van der Waals surface area (Å²) in [5.41, 5.74) is 1.61. The number of hydrogen-bond donors (Lipinski definition) is 1. The molecule has 254 valence electrons.